The number of rotatable bonds is 6. The molecule has 4 nitrogen and oxygen atoms in total. The van der Waals surface area contributed by atoms with Gasteiger partial charge in [-0.3, -0.25) is 9.59 Å². The van der Waals surface area contributed by atoms with Crippen LogP contribution in [0.3, 0.4) is 0 Å². The van der Waals surface area contributed by atoms with Gasteiger partial charge in [-0.1, -0.05) is 18.2 Å². The van der Waals surface area contributed by atoms with E-state index in [-0.39, 0.29) is 19.0 Å². The maximum Gasteiger partial charge on any atom is 0.310 e. The van der Waals surface area contributed by atoms with Gasteiger partial charge in [0, 0.05) is 9.13 Å². The largest absolute Gasteiger partial charge is 0.461 e. The van der Waals surface area contributed by atoms with Gasteiger partial charge in [-0.25, -0.2) is 0 Å². The summed E-state index contributed by atoms with van der Waals surface area (Å²) in [5.74, 6) is -0.387. The van der Waals surface area contributed by atoms with Crippen molar-refractivity contribution < 1.29 is 19.1 Å². The van der Waals surface area contributed by atoms with Gasteiger partial charge < -0.3 is 9.47 Å². The fraction of sp³-hybridized carbons (Fsp3) is 0.385. The van der Waals surface area contributed by atoms with Crippen molar-refractivity contribution in [3.63, 3.8) is 0 Å². The summed E-state index contributed by atoms with van der Waals surface area (Å²) in [7, 11) is 0. The molecule has 1 aromatic rings. The van der Waals surface area contributed by atoms with Crippen LogP contribution in [0.2, 0.25) is 0 Å². The summed E-state index contributed by atoms with van der Waals surface area (Å²) in [4.78, 5) is 21.8. The van der Waals surface area contributed by atoms with Gasteiger partial charge in [0.15, 0.2) is 0 Å². The Morgan fingerprint density at radius 3 is 2.67 bits per heavy atom. The van der Waals surface area contributed by atoms with Crippen LogP contribution in [0.5, 0.6) is 0 Å². The first-order valence-corrected chi connectivity index (χ1v) is 6.53. The lowest BCUT2D eigenvalue weighted by atomic mass is 10.1. The standard InChI is InChI=1S/C13H15IO4/c1-13(2,18-9-15)7-12(16)17-8-10-5-3-4-6-11(10)14/h3-6,9H,7-8H2,1-2H3. The Bertz CT molecular complexity index is 429. The van der Waals surface area contributed by atoms with Gasteiger partial charge in [0.2, 0.25) is 0 Å². The molecule has 0 saturated heterocycles. The zero-order chi connectivity index (χ0) is 13.6. The monoisotopic (exact) mass is 362 g/mol. The summed E-state index contributed by atoms with van der Waals surface area (Å²) in [6.07, 6.45) is 0.0369. The van der Waals surface area contributed by atoms with Crippen LogP contribution in [0.25, 0.3) is 0 Å². The van der Waals surface area contributed by atoms with Crippen molar-refractivity contribution in [3.8, 4) is 0 Å². The van der Waals surface area contributed by atoms with Crippen molar-refractivity contribution in [2.45, 2.75) is 32.5 Å². The average molecular weight is 362 g/mol. The molecule has 0 spiro atoms. The predicted octanol–water partition coefficient (Wildman–Crippen LogP) is 2.68. The molecule has 0 aliphatic heterocycles. The van der Waals surface area contributed by atoms with Crippen molar-refractivity contribution in [2.24, 2.45) is 0 Å². The zero-order valence-electron chi connectivity index (χ0n) is 10.3. The molecule has 0 heterocycles. The van der Waals surface area contributed by atoms with Gasteiger partial charge in [-0.05, 0) is 42.5 Å². The first-order chi connectivity index (χ1) is 8.44. The third-order valence-electron chi connectivity index (χ3n) is 2.28. The summed E-state index contributed by atoms with van der Waals surface area (Å²) < 4.78 is 11.0. The number of ether oxygens (including phenoxy) is 2. The summed E-state index contributed by atoms with van der Waals surface area (Å²) >= 11 is 2.19. The molecule has 0 bridgehead atoms. The normalized spacial score (nSPS) is 10.8. The maximum absolute atomic E-state index is 11.6. The van der Waals surface area contributed by atoms with E-state index in [0.29, 0.717) is 6.47 Å². The molecule has 5 heteroatoms. The highest BCUT2D eigenvalue weighted by Gasteiger charge is 2.24. The lowest BCUT2D eigenvalue weighted by Gasteiger charge is -2.21. The number of hydrogen-bond acceptors (Lipinski definition) is 4. The number of hydrogen-bond donors (Lipinski definition) is 0. The van der Waals surface area contributed by atoms with E-state index in [9.17, 15) is 9.59 Å². The summed E-state index contributed by atoms with van der Waals surface area (Å²) in [5, 5.41) is 0. The molecule has 1 aromatic carbocycles. The Kier molecular flexibility index (Phi) is 5.58. The third-order valence-corrected chi connectivity index (χ3v) is 3.34. The van der Waals surface area contributed by atoms with Crippen LogP contribution in [0, 0.1) is 3.57 Å². The van der Waals surface area contributed by atoms with Gasteiger partial charge in [-0.2, -0.15) is 0 Å². The van der Waals surface area contributed by atoms with Crippen LogP contribution in [0.1, 0.15) is 25.8 Å². The van der Waals surface area contributed by atoms with Crippen LogP contribution in [0.15, 0.2) is 24.3 Å². The highest BCUT2D eigenvalue weighted by atomic mass is 127. The Balaban J connectivity index is 2.47. The second-order valence-corrected chi connectivity index (χ2v) is 5.56. The Morgan fingerprint density at radius 1 is 1.39 bits per heavy atom. The van der Waals surface area contributed by atoms with Gasteiger partial charge in [0.25, 0.3) is 6.47 Å². The number of esters is 1. The number of benzene rings is 1. The first-order valence-electron chi connectivity index (χ1n) is 5.45. The van der Waals surface area contributed by atoms with E-state index < -0.39 is 5.60 Å². The van der Waals surface area contributed by atoms with Gasteiger partial charge in [-0.15, -0.1) is 0 Å². The fourth-order valence-corrected chi connectivity index (χ4v) is 1.89. The van der Waals surface area contributed by atoms with E-state index in [1.165, 1.54) is 0 Å². The van der Waals surface area contributed by atoms with Crippen LogP contribution in [-0.4, -0.2) is 18.0 Å². The quantitative estimate of drug-likeness (QED) is 0.444. The minimum Gasteiger partial charge on any atom is -0.461 e. The highest BCUT2D eigenvalue weighted by Crippen LogP contribution is 2.16. The number of carbonyl (C=O) groups is 2. The van der Waals surface area contributed by atoms with Crippen LogP contribution in [0.4, 0.5) is 0 Å². The molecule has 0 aromatic heterocycles. The second kappa shape index (κ2) is 6.72. The van der Waals surface area contributed by atoms with Gasteiger partial charge >= 0.3 is 5.97 Å². The molecule has 0 N–H and O–H groups in total. The lowest BCUT2D eigenvalue weighted by molar-refractivity contribution is -0.155. The minimum atomic E-state index is -0.831. The smallest absolute Gasteiger partial charge is 0.310 e. The van der Waals surface area contributed by atoms with Crippen LogP contribution < -0.4 is 0 Å². The van der Waals surface area contributed by atoms with E-state index in [0.717, 1.165) is 9.13 Å². The van der Waals surface area contributed by atoms with Crippen molar-refractivity contribution in [2.75, 3.05) is 0 Å². The van der Waals surface area contributed by atoms with Crippen molar-refractivity contribution in [1.29, 1.82) is 0 Å². The molecule has 18 heavy (non-hydrogen) atoms. The molecular formula is C13H15IO4. The van der Waals surface area contributed by atoms with E-state index >= 15 is 0 Å². The Morgan fingerprint density at radius 2 is 2.06 bits per heavy atom. The molecule has 0 unspecified atom stereocenters. The highest BCUT2D eigenvalue weighted by molar-refractivity contribution is 14.1. The molecular weight excluding hydrogens is 347 g/mol. The van der Waals surface area contributed by atoms with Gasteiger partial charge in [0.05, 0.1) is 6.42 Å². The SMILES string of the molecule is CC(C)(CC(=O)OCc1ccccc1I)OC=O. The fourth-order valence-electron chi connectivity index (χ4n) is 1.34. The van der Waals surface area contributed by atoms with Gasteiger partial charge in [0.1, 0.15) is 12.2 Å². The van der Waals surface area contributed by atoms with Crippen LogP contribution >= 0.6 is 22.6 Å². The number of carbonyl (C=O) groups excluding carboxylic acids is 2. The molecule has 0 atom stereocenters. The van der Waals surface area contributed by atoms with E-state index in [2.05, 4.69) is 22.6 Å². The molecule has 0 radical (unpaired) electrons. The Hall–Kier alpha value is -1.11. The molecule has 0 fully saturated rings. The van der Waals surface area contributed by atoms with Crippen molar-refractivity contribution in [3.05, 3.63) is 33.4 Å². The predicted molar refractivity (Wildman–Crippen MR) is 74.8 cm³/mol. The summed E-state index contributed by atoms with van der Waals surface area (Å²) in [6.45, 7) is 3.90. The average Bonchev–Trinajstić information content (AvgIpc) is 2.27. The molecule has 1 rings (SSSR count). The number of halogens is 1. The summed E-state index contributed by atoms with van der Waals surface area (Å²) in [6, 6.07) is 7.67. The van der Waals surface area contributed by atoms with Crippen molar-refractivity contribution in [1.82, 2.24) is 0 Å². The maximum atomic E-state index is 11.6. The molecule has 98 valence electrons. The van der Waals surface area contributed by atoms with Crippen LogP contribution in [-0.2, 0) is 25.7 Å². The summed E-state index contributed by atoms with van der Waals surface area (Å²) in [5.41, 5.74) is 0.128. The molecule has 0 aliphatic carbocycles. The second-order valence-electron chi connectivity index (χ2n) is 4.40. The molecule has 0 aliphatic rings. The van der Waals surface area contributed by atoms with E-state index in [4.69, 9.17) is 9.47 Å². The minimum absolute atomic E-state index is 0.0369. The molecule has 0 saturated carbocycles. The topological polar surface area (TPSA) is 52.6 Å². The lowest BCUT2D eigenvalue weighted by Crippen LogP contribution is -2.28. The zero-order valence-corrected chi connectivity index (χ0v) is 12.5. The van der Waals surface area contributed by atoms with Crippen molar-refractivity contribution >= 4 is 35.0 Å². The molecule has 0 amide bonds. The Labute approximate surface area is 120 Å². The van der Waals surface area contributed by atoms with E-state index in [1.807, 2.05) is 24.3 Å². The van der Waals surface area contributed by atoms with E-state index in [1.54, 1.807) is 13.8 Å². The third kappa shape index (κ3) is 5.03. The first kappa shape index (κ1) is 14.9.